The van der Waals surface area contributed by atoms with E-state index in [0.29, 0.717) is 0 Å². The first-order valence-electron chi connectivity index (χ1n) is 7.18. The van der Waals surface area contributed by atoms with E-state index in [0.717, 1.165) is 18.4 Å². The summed E-state index contributed by atoms with van der Waals surface area (Å²) in [4.78, 5) is 4.88. The lowest BCUT2D eigenvalue weighted by Gasteiger charge is -2.29. The SMILES string of the molecule is Cc1ccc2nc3c(c(C(C)(C)N)c2c1)CCCC3. The monoisotopic (exact) mass is 254 g/mol. The molecule has 1 aromatic heterocycles. The maximum Gasteiger partial charge on any atom is 0.0709 e. The van der Waals surface area contributed by atoms with Crippen LogP contribution in [0, 0.1) is 6.92 Å². The summed E-state index contributed by atoms with van der Waals surface area (Å²) in [7, 11) is 0. The summed E-state index contributed by atoms with van der Waals surface area (Å²) in [5, 5.41) is 1.24. The second kappa shape index (κ2) is 4.31. The maximum absolute atomic E-state index is 6.47. The van der Waals surface area contributed by atoms with Crippen LogP contribution in [0.25, 0.3) is 10.9 Å². The molecule has 1 aliphatic carbocycles. The van der Waals surface area contributed by atoms with E-state index in [1.807, 2.05) is 0 Å². The normalized spacial score (nSPS) is 15.6. The molecule has 1 aliphatic rings. The van der Waals surface area contributed by atoms with Gasteiger partial charge in [-0.05, 0) is 69.7 Å². The van der Waals surface area contributed by atoms with E-state index in [1.165, 1.54) is 40.6 Å². The van der Waals surface area contributed by atoms with E-state index < -0.39 is 0 Å². The van der Waals surface area contributed by atoms with Crippen LogP contribution in [0.3, 0.4) is 0 Å². The van der Waals surface area contributed by atoms with E-state index in [9.17, 15) is 0 Å². The van der Waals surface area contributed by atoms with Crippen LogP contribution in [0.15, 0.2) is 18.2 Å². The zero-order valence-electron chi connectivity index (χ0n) is 12.1. The van der Waals surface area contributed by atoms with Gasteiger partial charge in [-0.15, -0.1) is 0 Å². The summed E-state index contributed by atoms with van der Waals surface area (Å²) < 4.78 is 0. The van der Waals surface area contributed by atoms with Gasteiger partial charge in [0.15, 0.2) is 0 Å². The van der Waals surface area contributed by atoms with Crippen molar-refractivity contribution in [2.45, 2.75) is 52.0 Å². The van der Waals surface area contributed by atoms with Crippen molar-refractivity contribution >= 4 is 10.9 Å². The summed E-state index contributed by atoms with van der Waals surface area (Å²) in [5.74, 6) is 0. The van der Waals surface area contributed by atoms with Crippen molar-refractivity contribution in [3.63, 3.8) is 0 Å². The Morgan fingerprint density at radius 2 is 1.89 bits per heavy atom. The second-order valence-electron chi connectivity index (χ2n) is 6.36. The fourth-order valence-corrected chi connectivity index (χ4v) is 3.27. The first-order chi connectivity index (χ1) is 8.97. The molecule has 0 radical (unpaired) electrons. The quantitative estimate of drug-likeness (QED) is 0.844. The van der Waals surface area contributed by atoms with Gasteiger partial charge in [0.2, 0.25) is 0 Å². The Labute approximate surface area is 115 Å². The smallest absolute Gasteiger partial charge is 0.0709 e. The summed E-state index contributed by atoms with van der Waals surface area (Å²) >= 11 is 0. The van der Waals surface area contributed by atoms with Gasteiger partial charge in [0, 0.05) is 16.6 Å². The number of nitrogens with zero attached hydrogens (tertiary/aromatic N) is 1. The molecule has 0 saturated heterocycles. The number of hydrogen-bond acceptors (Lipinski definition) is 2. The summed E-state index contributed by atoms with van der Waals surface area (Å²) in [6.07, 6.45) is 4.74. The molecule has 0 unspecified atom stereocenters. The predicted molar refractivity (Wildman–Crippen MR) is 80.3 cm³/mol. The van der Waals surface area contributed by atoms with Crippen molar-refractivity contribution < 1.29 is 0 Å². The van der Waals surface area contributed by atoms with Crippen molar-refractivity contribution in [1.82, 2.24) is 4.98 Å². The highest BCUT2D eigenvalue weighted by atomic mass is 14.8. The summed E-state index contributed by atoms with van der Waals surface area (Å²) in [6, 6.07) is 6.51. The molecule has 0 fully saturated rings. The predicted octanol–water partition coefficient (Wildman–Crippen LogP) is 3.62. The Bertz CT molecular complexity index is 636. The first kappa shape index (κ1) is 12.6. The minimum atomic E-state index is -0.309. The Kier molecular flexibility index (Phi) is 2.86. The van der Waals surface area contributed by atoms with Crippen molar-refractivity contribution in [1.29, 1.82) is 0 Å². The standard InChI is InChI=1S/C17H22N2/c1-11-8-9-15-13(10-11)16(17(2,3)18)12-6-4-5-7-14(12)19-15/h8-10H,4-7,18H2,1-3H3. The van der Waals surface area contributed by atoms with Gasteiger partial charge in [0.25, 0.3) is 0 Å². The van der Waals surface area contributed by atoms with Crippen LogP contribution in [-0.2, 0) is 18.4 Å². The average Bonchev–Trinajstić information content (AvgIpc) is 2.34. The van der Waals surface area contributed by atoms with Crippen LogP contribution in [0.1, 0.15) is 49.1 Å². The summed E-state index contributed by atoms with van der Waals surface area (Å²) in [5.41, 5.74) is 12.5. The molecule has 0 saturated carbocycles. The lowest BCUT2D eigenvalue weighted by Crippen LogP contribution is -2.31. The zero-order chi connectivity index (χ0) is 13.6. The van der Waals surface area contributed by atoms with Gasteiger partial charge in [-0.1, -0.05) is 11.6 Å². The highest BCUT2D eigenvalue weighted by molar-refractivity contribution is 5.85. The molecule has 0 amide bonds. The number of fused-ring (bicyclic) bond motifs is 2. The van der Waals surface area contributed by atoms with Gasteiger partial charge in [-0.3, -0.25) is 4.98 Å². The van der Waals surface area contributed by atoms with Gasteiger partial charge in [0.05, 0.1) is 5.52 Å². The molecule has 2 N–H and O–H groups in total. The van der Waals surface area contributed by atoms with Crippen LogP contribution in [0.4, 0.5) is 0 Å². The fraction of sp³-hybridized carbons (Fsp3) is 0.471. The number of aryl methyl sites for hydroxylation is 2. The van der Waals surface area contributed by atoms with Gasteiger partial charge in [-0.2, -0.15) is 0 Å². The largest absolute Gasteiger partial charge is 0.322 e. The van der Waals surface area contributed by atoms with Crippen molar-refractivity contribution in [2.75, 3.05) is 0 Å². The lowest BCUT2D eigenvalue weighted by molar-refractivity contribution is 0.541. The Balaban J connectivity index is 2.41. The third-order valence-electron chi connectivity index (χ3n) is 4.06. The van der Waals surface area contributed by atoms with Crippen molar-refractivity contribution in [2.24, 2.45) is 5.73 Å². The zero-order valence-corrected chi connectivity index (χ0v) is 12.1. The maximum atomic E-state index is 6.47. The molecule has 0 bridgehead atoms. The van der Waals surface area contributed by atoms with E-state index in [4.69, 9.17) is 10.7 Å². The molecule has 19 heavy (non-hydrogen) atoms. The molecule has 100 valence electrons. The third-order valence-corrected chi connectivity index (χ3v) is 4.06. The van der Waals surface area contributed by atoms with E-state index >= 15 is 0 Å². The Morgan fingerprint density at radius 3 is 2.63 bits per heavy atom. The van der Waals surface area contributed by atoms with E-state index in [1.54, 1.807) is 0 Å². The molecule has 0 spiro atoms. The van der Waals surface area contributed by atoms with Gasteiger partial charge < -0.3 is 5.73 Å². The number of pyridine rings is 1. The van der Waals surface area contributed by atoms with Gasteiger partial charge in [-0.25, -0.2) is 0 Å². The molecule has 0 atom stereocenters. The Hall–Kier alpha value is -1.41. The number of hydrogen-bond donors (Lipinski definition) is 1. The molecule has 3 rings (SSSR count). The van der Waals surface area contributed by atoms with Crippen LogP contribution < -0.4 is 5.73 Å². The van der Waals surface area contributed by atoms with Crippen LogP contribution in [-0.4, -0.2) is 4.98 Å². The lowest BCUT2D eigenvalue weighted by atomic mass is 9.82. The fourth-order valence-electron chi connectivity index (χ4n) is 3.27. The number of benzene rings is 1. The van der Waals surface area contributed by atoms with Crippen LogP contribution >= 0.6 is 0 Å². The Morgan fingerprint density at radius 1 is 1.16 bits per heavy atom. The topological polar surface area (TPSA) is 38.9 Å². The molecule has 2 nitrogen and oxygen atoms in total. The minimum Gasteiger partial charge on any atom is -0.322 e. The molecule has 2 aromatic rings. The van der Waals surface area contributed by atoms with Crippen molar-refractivity contribution in [3.05, 3.63) is 40.6 Å². The van der Waals surface area contributed by atoms with Gasteiger partial charge in [0.1, 0.15) is 0 Å². The first-order valence-corrected chi connectivity index (χ1v) is 7.18. The summed E-state index contributed by atoms with van der Waals surface area (Å²) in [6.45, 7) is 6.35. The highest BCUT2D eigenvalue weighted by Gasteiger charge is 2.26. The molecular formula is C17H22N2. The van der Waals surface area contributed by atoms with E-state index in [2.05, 4.69) is 39.0 Å². The van der Waals surface area contributed by atoms with Crippen molar-refractivity contribution in [3.8, 4) is 0 Å². The van der Waals surface area contributed by atoms with E-state index in [-0.39, 0.29) is 5.54 Å². The minimum absolute atomic E-state index is 0.309. The molecule has 1 aromatic carbocycles. The number of aromatic nitrogens is 1. The van der Waals surface area contributed by atoms with Gasteiger partial charge >= 0.3 is 0 Å². The molecular weight excluding hydrogens is 232 g/mol. The highest BCUT2D eigenvalue weighted by Crippen LogP contribution is 2.35. The molecule has 2 heteroatoms. The average molecular weight is 254 g/mol. The second-order valence-corrected chi connectivity index (χ2v) is 6.36. The molecule has 1 heterocycles. The molecule has 0 aliphatic heterocycles. The number of rotatable bonds is 1. The van der Waals surface area contributed by atoms with Crippen LogP contribution in [0.5, 0.6) is 0 Å². The third kappa shape index (κ3) is 2.14. The van der Waals surface area contributed by atoms with Crippen LogP contribution in [0.2, 0.25) is 0 Å². The number of nitrogens with two attached hydrogens (primary N) is 1.